The zero-order valence-corrected chi connectivity index (χ0v) is 23.0. The number of hydrogen-bond acceptors (Lipinski definition) is 7. The zero-order valence-electron chi connectivity index (χ0n) is 21.4. The molecule has 0 saturated heterocycles. The van der Waals surface area contributed by atoms with Crippen molar-refractivity contribution in [3.05, 3.63) is 55.8 Å². The number of aryl methyl sites for hydroxylation is 2. The van der Waals surface area contributed by atoms with Crippen molar-refractivity contribution in [2.75, 3.05) is 11.9 Å². The van der Waals surface area contributed by atoms with Crippen LogP contribution in [0.3, 0.4) is 0 Å². The summed E-state index contributed by atoms with van der Waals surface area (Å²) in [7, 11) is 0. The Kier molecular flexibility index (Phi) is 7.60. The third kappa shape index (κ3) is 5.42. The second-order valence-corrected chi connectivity index (χ2v) is 13.0. The predicted molar refractivity (Wildman–Crippen MR) is 144 cm³/mol. The van der Waals surface area contributed by atoms with E-state index in [0.29, 0.717) is 24.2 Å². The first-order chi connectivity index (χ1) is 16.5. The van der Waals surface area contributed by atoms with Gasteiger partial charge >= 0.3 is 5.97 Å². The first kappa shape index (κ1) is 26.1. The lowest BCUT2D eigenvalue weighted by Crippen LogP contribution is -2.44. The van der Waals surface area contributed by atoms with Gasteiger partial charge in [-0.3, -0.25) is 0 Å². The SMILES string of the molecule is CC(C)C1(CCc2ccsc2CO)CC(O)=C(Sc2cc3c(cc2C(C)(C)C)NCCC3)C(=O)O1. The van der Waals surface area contributed by atoms with Crippen LogP contribution >= 0.6 is 23.1 Å². The highest BCUT2D eigenvalue weighted by Crippen LogP contribution is 2.46. The van der Waals surface area contributed by atoms with Gasteiger partial charge in [0.25, 0.3) is 0 Å². The molecule has 35 heavy (non-hydrogen) atoms. The molecule has 2 aliphatic rings. The van der Waals surface area contributed by atoms with Gasteiger partial charge in [-0.1, -0.05) is 46.4 Å². The molecular weight excluding hydrogens is 478 g/mol. The van der Waals surface area contributed by atoms with E-state index in [2.05, 4.69) is 38.2 Å². The fourth-order valence-corrected chi connectivity index (χ4v) is 6.95. The maximum absolute atomic E-state index is 13.4. The minimum Gasteiger partial charge on any atom is -0.511 e. The lowest BCUT2D eigenvalue weighted by atomic mass is 9.80. The van der Waals surface area contributed by atoms with Crippen LogP contribution < -0.4 is 5.32 Å². The first-order valence-electron chi connectivity index (χ1n) is 12.4. The van der Waals surface area contributed by atoms with Crippen LogP contribution in [0.15, 0.2) is 39.1 Å². The number of fused-ring (bicyclic) bond motifs is 1. The molecule has 1 aromatic heterocycles. The van der Waals surface area contributed by atoms with Crippen LogP contribution in [0, 0.1) is 5.92 Å². The smallest absolute Gasteiger partial charge is 0.349 e. The van der Waals surface area contributed by atoms with E-state index >= 15 is 0 Å². The largest absolute Gasteiger partial charge is 0.511 e. The van der Waals surface area contributed by atoms with E-state index in [1.165, 1.54) is 34.3 Å². The van der Waals surface area contributed by atoms with Gasteiger partial charge in [-0.15, -0.1) is 11.3 Å². The Labute approximate surface area is 217 Å². The fourth-order valence-electron chi connectivity index (χ4n) is 4.95. The van der Waals surface area contributed by atoms with Gasteiger partial charge in [-0.05, 0) is 77.3 Å². The van der Waals surface area contributed by atoms with E-state index in [-0.39, 0.29) is 23.7 Å². The summed E-state index contributed by atoms with van der Waals surface area (Å²) >= 11 is 2.87. The van der Waals surface area contributed by atoms with Crippen LogP contribution in [0.1, 0.15) is 75.4 Å². The third-order valence-electron chi connectivity index (χ3n) is 7.22. The Morgan fingerprint density at radius 1 is 1.29 bits per heavy atom. The van der Waals surface area contributed by atoms with E-state index in [0.717, 1.165) is 40.3 Å². The number of aliphatic hydroxyl groups excluding tert-OH is 2. The monoisotopic (exact) mass is 515 g/mol. The van der Waals surface area contributed by atoms with Gasteiger partial charge < -0.3 is 20.3 Å². The van der Waals surface area contributed by atoms with Gasteiger partial charge in [0, 0.05) is 28.4 Å². The van der Waals surface area contributed by atoms with Crippen LogP contribution in [-0.2, 0) is 34.4 Å². The molecule has 3 heterocycles. The van der Waals surface area contributed by atoms with Crippen molar-refractivity contribution in [3.8, 4) is 0 Å². The van der Waals surface area contributed by atoms with Gasteiger partial charge in [0.1, 0.15) is 16.3 Å². The molecule has 0 radical (unpaired) electrons. The van der Waals surface area contributed by atoms with Crippen LogP contribution in [0.5, 0.6) is 0 Å². The Bertz CT molecular complexity index is 1130. The molecule has 1 atom stereocenters. The maximum Gasteiger partial charge on any atom is 0.349 e. The fraction of sp³-hybridized carbons (Fsp3) is 0.536. The number of rotatable bonds is 7. The summed E-state index contributed by atoms with van der Waals surface area (Å²) in [6, 6.07) is 6.41. The van der Waals surface area contributed by atoms with E-state index in [9.17, 15) is 15.0 Å². The molecule has 0 fully saturated rings. The molecule has 4 rings (SSSR count). The van der Waals surface area contributed by atoms with Crippen LogP contribution in [0.25, 0.3) is 0 Å². The average molecular weight is 516 g/mol. The average Bonchev–Trinajstić information content (AvgIpc) is 3.26. The molecule has 0 aliphatic carbocycles. The molecule has 0 bridgehead atoms. The molecule has 190 valence electrons. The molecule has 0 spiro atoms. The quantitative estimate of drug-likeness (QED) is 0.355. The zero-order chi connectivity index (χ0) is 25.4. The number of anilines is 1. The molecule has 0 amide bonds. The number of ether oxygens (including phenoxy) is 1. The van der Waals surface area contributed by atoms with Crippen molar-refractivity contribution in [2.45, 2.75) is 89.2 Å². The van der Waals surface area contributed by atoms with Crippen LogP contribution in [-0.4, -0.2) is 28.3 Å². The van der Waals surface area contributed by atoms with E-state index < -0.39 is 11.6 Å². The molecule has 0 saturated carbocycles. The molecule has 7 heteroatoms. The lowest BCUT2D eigenvalue weighted by molar-refractivity contribution is -0.164. The number of esters is 1. The number of aliphatic hydroxyl groups is 2. The molecule has 3 N–H and O–H groups in total. The van der Waals surface area contributed by atoms with Gasteiger partial charge in [-0.25, -0.2) is 4.79 Å². The van der Waals surface area contributed by atoms with Gasteiger partial charge in [-0.2, -0.15) is 0 Å². The molecule has 2 aromatic rings. The standard InChI is InChI=1S/C28H37NO4S2/c1-17(2)28(10-8-18-9-12-34-24(18)16-30)15-22(31)25(26(32)33-28)35-23-13-19-7-6-11-29-21(19)14-20(23)27(3,4)5/h9,12-14,17,29-31H,6-8,10-11,15-16H2,1-5H3. The molecule has 1 unspecified atom stereocenters. The van der Waals surface area contributed by atoms with Crippen molar-refractivity contribution >= 4 is 34.8 Å². The summed E-state index contributed by atoms with van der Waals surface area (Å²) < 4.78 is 6.15. The highest BCUT2D eigenvalue weighted by molar-refractivity contribution is 8.04. The Balaban J connectivity index is 1.63. The first-order valence-corrected chi connectivity index (χ1v) is 14.1. The Morgan fingerprint density at radius 2 is 2.06 bits per heavy atom. The summed E-state index contributed by atoms with van der Waals surface area (Å²) in [5, 5.41) is 26.3. The second kappa shape index (κ2) is 10.2. The second-order valence-electron chi connectivity index (χ2n) is 11.0. The van der Waals surface area contributed by atoms with Gasteiger partial charge in [0.05, 0.1) is 6.61 Å². The van der Waals surface area contributed by atoms with Crippen molar-refractivity contribution in [1.29, 1.82) is 0 Å². The topological polar surface area (TPSA) is 78.8 Å². The minimum absolute atomic E-state index is 0.0137. The van der Waals surface area contributed by atoms with Crippen molar-refractivity contribution in [1.82, 2.24) is 0 Å². The third-order valence-corrected chi connectivity index (χ3v) is 9.34. The van der Waals surface area contributed by atoms with E-state index in [1.54, 1.807) is 0 Å². The summed E-state index contributed by atoms with van der Waals surface area (Å²) in [5.41, 5.74) is 3.77. The maximum atomic E-state index is 13.4. The highest BCUT2D eigenvalue weighted by atomic mass is 32.2. The Hall–Kier alpha value is -1.96. The number of thioether (sulfide) groups is 1. The van der Waals surface area contributed by atoms with Crippen LogP contribution in [0.2, 0.25) is 0 Å². The molecule has 5 nitrogen and oxygen atoms in total. The van der Waals surface area contributed by atoms with Gasteiger partial charge in [0.2, 0.25) is 0 Å². The summed E-state index contributed by atoms with van der Waals surface area (Å²) in [4.78, 5) is 15.6. The van der Waals surface area contributed by atoms with Crippen molar-refractivity contribution in [2.24, 2.45) is 5.92 Å². The number of carbonyl (C=O) groups excluding carboxylic acids is 1. The van der Waals surface area contributed by atoms with Crippen molar-refractivity contribution in [3.63, 3.8) is 0 Å². The summed E-state index contributed by atoms with van der Waals surface area (Å²) in [5.74, 6) is -0.296. The van der Waals surface area contributed by atoms with E-state index in [4.69, 9.17) is 4.74 Å². The van der Waals surface area contributed by atoms with Gasteiger partial charge in [0.15, 0.2) is 0 Å². The van der Waals surface area contributed by atoms with E-state index in [1.807, 2.05) is 25.3 Å². The number of carbonyl (C=O) groups is 1. The number of hydrogen-bond donors (Lipinski definition) is 3. The number of benzene rings is 1. The molecule has 2 aliphatic heterocycles. The highest BCUT2D eigenvalue weighted by Gasteiger charge is 2.44. The Morgan fingerprint density at radius 3 is 2.71 bits per heavy atom. The summed E-state index contributed by atoms with van der Waals surface area (Å²) in [6.45, 7) is 11.6. The molecule has 1 aromatic carbocycles. The number of nitrogens with one attached hydrogen (secondary N) is 1. The lowest BCUT2D eigenvalue weighted by Gasteiger charge is -2.40. The predicted octanol–water partition coefficient (Wildman–Crippen LogP) is 6.73. The van der Waals surface area contributed by atoms with Crippen molar-refractivity contribution < 1.29 is 19.7 Å². The normalized spacial score (nSPS) is 20.6. The number of cyclic esters (lactones) is 1. The number of thiophene rings is 1. The summed E-state index contributed by atoms with van der Waals surface area (Å²) in [6.07, 6.45) is 3.67. The minimum atomic E-state index is -0.771. The molecular formula is C28H37NO4S2. The van der Waals surface area contributed by atoms with Crippen LogP contribution in [0.4, 0.5) is 5.69 Å².